The van der Waals surface area contributed by atoms with Crippen LogP contribution in [0.5, 0.6) is 0 Å². The highest BCUT2D eigenvalue weighted by molar-refractivity contribution is 5.95. The largest absolute Gasteiger partial charge is 0.481 e. The van der Waals surface area contributed by atoms with Crippen LogP contribution in [0.1, 0.15) is 20.3 Å². The number of hydrogen-bond donors (Lipinski definition) is 3. The Hall–Kier alpha value is -1.63. The molecular formula is C10H19N3O4. The number of rotatable bonds is 7. The van der Waals surface area contributed by atoms with Gasteiger partial charge in [-0.3, -0.25) is 19.8 Å². The first-order chi connectivity index (χ1) is 7.99. The number of nitrogens with one attached hydrogen (secondary N) is 2. The molecule has 0 aliphatic carbocycles. The van der Waals surface area contributed by atoms with Gasteiger partial charge in [0, 0.05) is 13.1 Å². The third-order valence-electron chi connectivity index (χ3n) is 2.05. The summed E-state index contributed by atoms with van der Waals surface area (Å²) in [7, 11) is 0. The molecule has 0 unspecified atom stereocenters. The number of carbonyl (C=O) groups excluding carboxylic acids is 2. The van der Waals surface area contributed by atoms with E-state index in [4.69, 9.17) is 5.11 Å². The first-order valence-corrected chi connectivity index (χ1v) is 5.51. The van der Waals surface area contributed by atoms with Crippen LogP contribution in [0.2, 0.25) is 0 Å². The number of nitrogens with zero attached hydrogens (tertiary/aromatic N) is 1. The van der Waals surface area contributed by atoms with E-state index in [1.54, 1.807) is 11.8 Å². The molecule has 0 atom stereocenters. The molecule has 0 aliphatic rings. The minimum absolute atomic E-state index is 0.0148. The van der Waals surface area contributed by atoms with Crippen molar-refractivity contribution in [2.24, 2.45) is 0 Å². The molecule has 0 saturated heterocycles. The van der Waals surface area contributed by atoms with Crippen molar-refractivity contribution in [1.29, 1.82) is 0 Å². The summed E-state index contributed by atoms with van der Waals surface area (Å²) in [6.45, 7) is 4.86. The standard InChI is InChI=1S/C10H19N3O4/c1-3-11-10(17)12-8(14)7-13(4-2)6-5-9(15)16/h3-7H2,1-2H3,(H,15,16)(H2,11,12,14,17). The highest BCUT2D eigenvalue weighted by Gasteiger charge is 2.12. The van der Waals surface area contributed by atoms with Crippen LogP contribution in [-0.2, 0) is 9.59 Å². The Morgan fingerprint density at radius 2 is 1.88 bits per heavy atom. The second-order valence-electron chi connectivity index (χ2n) is 3.42. The lowest BCUT2D eigenvalue weighted by molar-refractivity contribution is -0.137. The Labute approximate surface area is 100 Å². The monoisotopic (exact) mass is 245 g/mol. The van der Waals surface area contributed by atoms with Crippen molar-refractivity contribution < 1.29 is 19.5 Å². The van der Waals surface area contributed by atoms with Crippen molar-refractivity contribution in [3.63, 3.8) is 0 Å². The molecule has 7 nitrogen and oxygen atoms in total. The van der Waals surface area contributed by atoms with Gasteiger partial charge in [0.05, 0.1) is 13.0 Å². The van der Waals surface area contributed by atoms with Gasteiger partial charge in [-0.15, -0.1) is 0 Å². The summed E-state index contributed by atoms with van der Waals surface area (Å²) in [5, 5.41) is 13.1. The van der Waals surface area contributed by atoms with Crippen LogP contribution in [0, 0.1) is 0 Å². The van der Waals surface area contributed by atoms with Crippen molar-refractivity contribution in [2.75, 3.05) is 26.2 Å². The van der Waals surface area contributed by atoms with Gasteiger partial charge in [-0.25, -0.2) is 4.79 Å². The van der Waals surface area contributed by atoms with Gasteiger partial charge in [0.25, 0.3) is 0 Å². The van der Waals surface area contributed by atoms with Crippen molar-refractivity contribution in [3.8, 4) is 0 Å². The molecule has 0 aromatic carbocycles. The zero-order chi connectivity index (χ0) is 13.3. The molecule has 0 fully saturated rings. The first kappa shape index (κ1) is 15.4. The van der Waals surface area contributed by atoms with Crippen LogP contribution in [-0.4, -0.2) is 54.1 Å². The van der Waals surface area contributed by atoms with E-state index in [2.05, 4.69) is 10.6 Å². The number of carbonyl (C=O) groups is 3. The highest BCUT2D eigenvalue weighted by atomic mass is 16.4. The summed E-state index contributed by atoms with van der Waals surface area (Å²) in [6, 6.07) is -0.535. The molecule has 0 saturated carbocycles. The van der Waals surface area contributed by atoms with Gasteiger partial charge in [-0.05, 0) is 13.5 Å². The zero-order valence-corrected chi connectivity index (χ0v) is 10.2. The van der Waals surface area contributed by atoms with E-state index in [9.17, 15) is 14.4 Å². The number of amides is 3. The molecule has 0 aromatic rings. The molecule has 0 bridgehead atoms. The van der Waals surface area contributed by atoms with Crippen molar-refractivity contribution in [2.45, 2.75) is 20.3 Å². The van der Waals surface area contributed by atoms with Gasteiger partial charge in [0.2, 0.25) is 5.91 Å². The van der Waals surface area contributed by atoms with E-state index >= 15 is 0 Å². The molecule has 0 aromatic heterocycles. The van der Waals surface area contributed by atoms with Gasteiger partial charge >= 0.3 is 12.0 Å². The quantitative estimate of drug-likeness (QED) is 0.568. The summed E-state index contributed by atoms with van der Waals surface area (Å²) >= 11 is 0. The average molecular weight is 245 g/mol. The Morgan fingerprint density at radius 3 is 2.35 bits per heavy atom. The lowest BCUT2D eigenvalue weighted by Crippen LogP contribution is -2.44. The van der Waals surface area contributed by atoms with Crippen LogP contribution < -0.4 is 10.6 Å². The normalized spacial score (nSPS) is 10.1. The number of hydrogen-bond acceptors (Lipinski definition) is 4. The fourth-order valence-electron chi connectivity index (χ4n) is 1.18. The number of likely N-dealkylation sites (N-methyl/N-ethyl adjacent to an activating group) is 1. The third-order valence-corrected chi connectivity index (χ3v) is 2.05. The number of carboxylic acids is 1. The van der Waals surface area contributed by atoms with Crippen LogP contribution in [0.3, 0.4) is 0 Å². The van der Waals surface area contributed by atoms with E-state index < -0.39 is 17.9 Å². The fraction of sp³-hybridized carbons (Fsp3) is 0.700. The third kappa shape index (κ3) is 8.21. The Balaban J connectivity index is 3.97. The van der Waals surface area contributed by atoms with E-state index in [1.807, 2.05) is 6.92 Å². The molecule has 17 heavy (non-hydrogen) atoms. The fourth-order valence-corrected chi connectivity index (χ4v) is 1.18. The van der Waals surface area contributed by atoms with Crippen LogP contribution in [0.25, 0.3) is 0 Å². The van der Waals surface area contributed by atoms with E-state index in [-0.39, 0.29) is 19.5 Å². The van der Waals surface area contributed by atoms with Crippen molar-refractivity contribution in [1.82, 2.24) is 15.5 Å². The Bertz CT molecular complexity index is 281. The van der Waals surface area contributed by atoms with Crippen LogP contribution in [0.15, 0.2) is 0 Å². The van der Waals surface area contributed by atoms with Crippen LogP contribution in [0.4, 0.5) is 4.79 Å². The smallest absolute Gasteiger partial charge is 0.321 e. The summed E-state index contributed by atoms with van der Waals surface area (Å²) in [5.41, 5.74) is 0. The molecule has 0 spiro atoms. The van der Waals surface area contributed by atoms with Crippen LogP contribution >= 0.6 is 0 Å². The second-order valence-corrected chi connectivity index (χ2v) is 3.42. The minimum Gasteiger partial charge on any atom is -0.481 e. The predicted octanol–water partition coefficient (Wildman–Crippen LogP) is -0.371. The zero-order valence-electron chi connectivity index (χ0n) is 10.2. The minimum atomic E-state index is -0.910. The van der Waals surface area contributed by atoms with Gasteiger partial charge < -0.3 is 10.4 Å². The number of imide groups is 1. The number of urea groups is 1. The van der Waals surface area contributed by atoms with E-state index in [0.29, 0.717) is 13.1 Å². The lowest BCUT2D eigenvalue weighted by atomic mass is 10.3. The molecule has 0 aliphatic heterocycles. The molecule has 0 radical (unpaired) electrons. The SMILES string of the molecule is CCNC(=O)NC(=O)CN(CC)CCC(=O)O. The van der Waals surface area contributed by atoms with E-state index in [0.717, 1.165) is 0 Å². The highest BCUT2D eigenvalue weighted by Crippen LogP contribution is 1.91. The lowest BCUT2D eigenvalue weighted by Gasteiger charge is -2.18. The van der Waals surface area contributed by atoms with E-state index in [1.165, 1.54) is 0 Å². The second kappa shape index (κ2) is 8.51. The molecule has 98 valence electrons. The Kier molecular flexibility index (Phi) is 7.70. The van der Waals surface area contributed by atoms with Gasteiger partial charge in [0.1, 0.15) is 0 Å². The molecule has 3 amide bonds. The summed E-state index contributed by atoms with van der Waals surface area (Å²) in [6.07, 6.45) is -0.0255. The van der Waals surface area contributed by atoms with Crippen molar-refractivity contribution in [3.05, 3.63) is 0 Å². The summed E-state index contributed by atoms with van der Waals surface area (Å²) in [4.78, 5) is 34.4. The number of aliphatic carboxylic acids is 1. The molecule has 0 heterocycles. The predicted molar refractivity (Wildman–Crippen MR) is 61.6 cm³/mol. The summed E-state index contributed by atoms with van der Waals surface area (Å²) in [5.74, 6) is -1.35. The number of carboxylic acid groups (broad SMARTS) is 1. The maximum atomic E-state index is 11.4. The first-order valence-electron chi connectivity index (χ1n) is 5.51. The molecule has 7 heteroatoms. The molecule has 3 N–H and O–H groups in total. The maximum Gasteiger partial charge on any atom is 0.321 e. The maximum absolute atomic E-state index is 11.4. The molecule has 0 rings (SSSR count). The Morgan fingerprint density at radius 1 is 1.24 bits per heavy atom. The average Bonchev–Trinajstić information content (AvgIpc) is 2.24. The topological polar surface area (TPSA) is 98.7 Å². The van der Waals surface area contributed by atoms with Gasteiger partial charge in [0.15, 0.2) is 0 Å². The van der Waals surface area contributed by atoms with Gasteiger partial charge in [-0.1, -0.05) is 6.92 Å². The molecular weight excluding hydrogens is 226 g/mol. The van der Waals surface area contributed by atoms with Crippen molar-refractivity contribution >= 4 is 17.9 Å². The van der Waals surface area contributed by atoms with Gasteiger partial charge in [-0.2, -0.15) is 0 Å². The summed E-state index contributed by atoms with van der Waals surface area (Å²) < 4.78 is 0.